The number of benzene rings is 2. The van der Waals surface area contributed by atoms with E-state index in [9.17, 15) is 0 Å². The van der Waals surface area contributed by atoms with Crippen LogP contribution in [0.5, 0.6) is 0 Å². The molecule has 0 atom stereocenters. The van der Waals surface area contributed by atoms with Crippen LogP contribution >= 0.6 is 11.9 Å². The Morgan fingerprint density at radius 2 is 1.63 bits per heavy atom. The smallest absolute Gasteiger partial charge is 0.102 e. The van der Waals surface area contributed by atoms with Crippen LogP contribution in [0.4, 0.5) is 5.69 Å². The summed E-state index contributed by atoms with van der Waals surface area (Å²) in [6, 6.07) is 20.1. The molecule has 0 bridgehead atoms. The van der Waals surface area contributed by atoms with Crippen LogP contribution in [0.1, 0.15) is 0 Å². The Bertz CT molecular complexity index is 523. The SMILES string of the molecule is C=CCN(C=Nc1ccccc1)Sc1ccccc1. The normalized spacial score (nSPS) is 10.5. The van der Waals surface area contributed by atoms with E-state index in [2.05, 4.69) is 28.0 Å². The number of hydrogen-bond donors (Lipinski definition) is 0. The van der Waals surface area contributed by atoms with Gasteiger partial charge in [-0.3, -0.25) is 4.31 Å². The minimum atomic E-state index is 0.746. The van der Waals surface area contributed by atoms with Gasteiger partial charge in [0.15, 0.2) is 0 Å². The number of aliphatic imine (C=N–C) groups is 1. The van der Waals surface area contributed by atoms with Crippen molar-refractivity contribution < 1.29 is 0 Å². The lowest BCUT2D eigenvalue weighted by Crippen LogP contribution is -2.12. The molecule has 96 valence electrons. The Labute approximate surface area is 118 Å². The van der Waals surface area contributed by atoms with Gasteiger partial charge in [0.05, 0.1) is 5.69 Å². The van der Waals surface area contributed by atoms with E-state index < -0.39 is 0 Å². The second kappa shape index (κ2) is 7.44. The predicted octanol–water partition coefficient (Wildman–Crippen LogP) is 4.54. The van der Waals surface area contributed by atoms with Crippen LogP contribution in [0.25, 0.3) is 0 Å². The number of rotatable bonds is 6. The monoisotopic (exact) mass is 268 g/mol. The van der Waals surface area contributed by atoms with Crippen LogP contribution in [-0.2, 0) is 0 Å². The third-order valence-corrected chi connectivity index (χ3v) is 3.33. The molecule has 0 aromatic heterocycles. The molecule has 2 aromatic carbocycles. The van der Waals surface area contributed by atoms with Gasteiger partial charge in [-0.25, -0.2) is 4.99 Å². The van der Waals surface area contributed by atoms with Crippen molar-refractivity contribution in [3.63, 3.8) is 0 Å². The van der Waals surface area contributed by atoms with E-state index in [0.29, 0.717) is 0 Å². The summed E-state index contributed by atoms with van der Waals surface area (Å²) in [6.07, 6.45) is 3.71. The summed E-state index contributed by atoms with van der Waals surface area (Å²) in [4.78, 5) is 5.64. The summed E-state index contributed by atoms with van der Waals surface area (Å²) in [5.74, 6) is 0. The molecule has 0 radical (unpaired) electrons. The maximum atomic E-state index is 4.45. The molecule has 0 aliphatic heterocycles. The molecule has 0 heterocycles. The van der Waals surface area contributed by atoms with Gasteiger partial charge in [-0.1, -0.05) is 42.5 Å². The fraction of sp³-hybridized carbons (Fsp3) is 0.0625. The Morgan fingerprint density at radius 1 is 1.00 bits per heavy atom. The van der Waals surface area contributed by atoms with Crippen molar-refractivity contribution in [2.45, 2.75) is 4.90 Å². The third kappa shape index (κ3) is 4.64. The molecular weight excluding hydrogens is 252 g/mol. The standard InChI is InChI=1S/C16H16N2S/c1-2-13-18(19-16-11-7-4-8-12-16)14-17-15-9-5-3-6-10-15/h2-12,14H,1,13H2. The Balaban J connectivity index is 2.04. The lowest BCUT2D eigenvalue weighted by molar-refractivity contribution is 0.781. The van der Waals surface area contributed by atoms with Gasteiger partial charge in [0.25, 0.3) is 0 Å². The molecule has 0 aliphatic rings. The molecule has 2 rings (SSSR count). The first-order valence-corrected chi connectivity index (χ1v) is 6.85. The van der Waals surface area contributed by atoms with Crippen molar-refractivity contribution in [3.8, 4) is 0 Å². The van der Waals surface area contributed by atoms with Gasteiger partial charge in [0, 0.05) is 11.4 Å². The van der Waals surface area contributed by atoms with E-state index in [1.807, 2.05) is 60.9 Å². The summed E-state index contributed by atoms with van der Waals surface area (Å²) in [6.45, 7) is 4.53. The molecule has 0 N–H and O–H groups in total. The van der Waals surface area contributed by atoms with Gasteiger partial charge < -0.3 is 0 Å². The molecule has 0 amide bonds. The quantitative estimate of drug-likeness (QED) is 0.331. The fourth-order valence-corrected chi connectivity index (χ4v) is 2.32. The maximum absolute atomic E-state index is 4.45. The van der Waals surface area contributed by atoms with Crippen molar-refractivity contribution in [1.82, 2.24) is 4.31 Å². The van der Waals surface area contributed by atoms with Gasteiger partial charge in [-0.2, -0.15) is 0 Å². The lowest BCUT2D eigenvalue weighted by Gasteiger charge is -2.15. The van der Waals surface area contributed by atoms with Crippen LogP contribution in [0.15, 0.2) is 83.2 Å². The van der Waals surface area contributed by atoms with Gasteiger partial charge in [0.1, 0.15) is 6.34 Å². The van der Waals surface area contributed by atoms with E-state index >= 15 is 0 Å². The predicted molar refractivity (Wildman–Crippen MR) is 83.8 cm³/mol. The molecule has 2 aromatic rings. The van der Waals surface area contributed by atoms with Crippen molar-refractivity contribution >= 4 is 24.0 Å². The first-order valence-electron chi connectivity index (χ1n) is 6.08. The van der Waals surface area contributed by atoms with E-state index in [1.165, 1.54) is 4.90 Å². The van der Waals surface area contributed by atoms with E-state index in [-0.39, 0.29) is 0 Å². The Hall–Kier alpha value is -2.00. The molecule has 3 heteroatoms. The average Bonchev–Trinajstić information content (AvgIpc) is 2.47. The van der Waals surface area contributed by atoms with Gasteiger partial charge in [-0.15, -0.1) is 6.58 Å². The second-order valence-corrected chi connectivity index (χ2v) is 5.00. The van der Waals surface area contributed by atoms with Crippen molar-refractivity contribution in [3.05, 3.63) is 73.3 Å². The Morgan fingerprint density at radius 3 is 2.26 bits per heavy atom. The van der Waals surface area contributed by atoms with Crippen molar-refractivity contribution in [2.24, 2.45) is 4.99 Å². The number of para-hydroxylation sites is 1. The first-order chi connectivity index (χ1) is 9.38. The summed E-state index contributed by atoms with van der Waals surface area (Å²) in [5.41, 5.74) is 0.949. The molecule has 0 saturated carbocycles. The number of nitrogens with zero attached hydrogens (tertiary/aromatic N) is 2. The number of hydrogen-bond acceptors (Lipinski definition) is 2. The van der Waals surface area contributed by atoms with Crippen molar-refractivity contribution in [1.29, 1.82) is 0 Å². The minimum Gasteiger partial charge on any atom is -0.299 e. The molecule has 0 aliphatic carbocycles. The highest BCUT2D eigenvalue weighted by Crippen LogP contribution is 2.21. The van der Waals surface area contributed by atoms with Gasteiger partial charge >= 0.3 is 0 Å². The van der Waals surface area contributed by atoms with Crippen LogP contribution in [0.2, 0.25) is 0 Å². The van der Waals surface area contributed by atoms with E-state index in [1.54, 1.807) is 11.9 Å². The highest BCUT2D eigenvalue weighted by molar-refractivity contribution is 7.97. The van der Waals surface area contributed by atoms with Gasteiger partial charge in [-0.05, 0) is 36.2 Å². The zero-order chi connectivity index (χ0) is 13.3. The van der Waals surface area contributed by atoms with Gasteiger partial charge in [0.2, 0.25) is 0 Å². The summed E-state index contributed by atoms with van der Waals surface area (Å²) >= 11 is 1.65. The van der Waals surface area contributed by atoms with E-state index in [0.717, 1.165) is 12.2 Å². The molecule has 0 fully saturated rings. The highest BCUT2D eigenvalue weighted by Gasteiger charge is 2.00. The molecular formula is C16H16N2S. The van der Waals surface area contributed by atoms with Crippen LogP contribution in [0.3, 0.4) is 0 Å². The van der Waals surface area contributed by atoms with E-state index in [4.69, 9.17) is 0 Å². The topological polar surface area (TPSA) is 15.6 Å². The third-order valence-electron chi connectivity index (χ3n) is 2.37. The summed E-state index contributed by atoms with van der Waals surface area (Å²) in [7, 11) is 0. The minimum absolute atomic E-state index is 0.746. The zero-order valence-corrected chi connectivity index (χ0v) is 11.5. The summed E-state index contributed by atoms with van der Waals surface area (Å²) in [5, 5.41) is 0. The van der Waals surface area contributed by atoms with Crippen molar-refractivity contribution in [2.75, 3.05) is 6.54 Å². The lowest BCUT2D eigenvalue weighted by atomic mass is 10.3. The maximum Gasteiger partial charge on any atom is 0.102 e. The summed E-state index contributed by atoms with van der Waals surface area (Å²) < 4.78 is 2.05. The molecule has 19 heavy (non-hydrogen) atoms. The van der Waals surface area contributed by atoms with Crippen LogP contribution in [0, 0.1) is 0 Å². The highest BCUT2D eigenvalue weighted by atomic mass is 32.2. The molecule has 0 spiro atoms. The first kappa shape index (κ1) is 13.4. The largest absolute Gasteiger partial charge is 0.299 e. The fourth-order valence-electron chi connectivity index (χ4n) is 1.50. The van der Waals surface area contributed by atoms with Crippen LogP contribution < -0.4 is 0 Å². The Kier molecular flexibility index (Phi) is 5.26. The average molecular weight is 268 g/mol. The zero-order valence-electron chi connectivity index (χ0n) is 10.6. The molecule has 2 nitrogen and oxygen atoms in total. The molecule has 0 unspecified atom stereocenters. The second-order valence-electron chi connectivity index (χ2n) is 3.87. The molecule has 0 saturated heterocycles. The van der Waals surface area contributed by atoms with Crippen LogP contribution in [-0.4, -0.2) is 17.2 Å².